The minimum Gasteiger partial charge on any atom is -0.493 e. The van der Waals surface area contributed by atoms with Crippen molar-refractivity contribution in [3.8, 4) is 5.75 Å². The Balaban J connectivity index is 1.67. The van der Waals surface area contributed by atoms with Gasteiger partial charge < -0.3 is 19.7 Å². The molecule has 0 saturated carbocycles. The maximum atomic E-state index is 12.7. The lowest BCUT2D eigenvalue weighted by atomic mass is 9.92. The van der Waals surface area contributed by atoms with Crippen molar-refractivity contribution in [3.05, 3.63) is 29.8 Å². The summed E-state index contributed by atoms with van der Waals surface area (Å²) in [4.78, 5) is 14.5. The molecule has 5 nitrogen and oxygen atoms in total. The summed E-state index contributed by atoms with van der Waals surface area (Å²) in [6.07, 6.45) is 0.826. The Morgan fingerprint density at radius 2 is 2.24 bits per heavy atom. The number of benzene rings is 1. The molecule has 0 aliphatic carbocycles. The molecule has 0 aromatic heterocycles. The first-order chi connectivity index (χ1) is 10.3. The summed E-state index contributed by atoms with van der Waals surface area (Å²) in [6, 6.07) is 7.82. The molecular weight excluding hydrogens is 268 g/mol. The van der Waals surface area contributed by atoms with E-state index in [0.717, 1.165) is 30.8 Å². The maximum absolute atomic E-state index is 12.7. The predicted octanol–water partition coefficient (Wildman–Crippen LogP) is 1.000. The molecule has 0 radical (unpaired) electrons. The largest absolute Gasteiger partial charge is 0.493 e. The highest BCUT2D eigenvalue weighted by Crippen LogP contribution is 2.34. The number of hydrogen-bond donors (Lipinski definition) is 1. The van der Waals surface area contributed by atoms with Gasteiger partial charge >= 0.3 is 0 Å². The molecule has 1 amide bonds. The van der Waals surface area contributed by atoms with Gasteiger partial charge in [-0.25, -0.2) is 0 Å². The van der Waals surface area contributed by atoms with E-state index >= 15 is 0 Å². The van der Waals surface area contributed by atoms with E-state index in [1.165, 1.54) is 0 Å². The molecular formula is C16H22N2O3. The molecule has 5 heteroatoms. The van der Waals surface area contributed by atoms with E-state index in [-0.39, 0.29) is 17.9 Å². The summed E-state index contributed by atoms with van der Waals surface area (Å²) in [5.41, 5.74) is 1.00. The van der Waals surface area contributed by atoms with Gasteiger partial charge in [0.25, 0.3) is 0 Å². The number of hydrogen-bond acceptors (Lipinski definition) is 4. The highest BCUT2D eigenvalue weighted by molar-refractivity contribution is 5.84. The van der Waals surface area contributed by atoms with Crippen LogP contribution in [0.1, 0.15) is 17.9 Å². The van der Waals surface area contributed by atoms with Crippen LogP contribution in [0.2, 0.25) is 0 Å². The molecule has 0 spiro atoms. The number of fused-ring (bicyclic) bond motifs is 1. The first-order valence-electron chi connectivity index (χ1n) is 7.54. The number of morpholine rings is 1. The molecule has 21 heavy (non-hydrogen) atoms. The van der Waals surface area contributed by atoms with Crippen molar-refractivity contribution in [1.82, 2.24) is 10.2 Å². The van der Waals surface area contributed by atoms with Crippen LogP contribution in [-0.2, 0) is 9.53 Å². The van der Waals surface area contributed by atoms with Gasteiger partial charge in [-0.2, -0.15) is 0 Å². The second kappa shape index (κ2) is 6.45. The summed E-state index contributed by atoms with van der Waals surface area (Å²) < 4.78 is 11.3. The third kappa shape index (κ3) is 3.19. The monoisotopic (exact) mass is 290 g/mol. The van der Waals surface area contributed by atoms with Gasteiger partial charge in [-0.3, -0.25) is 4.79 Å². The Hall–Kier alpha value is -1.59. The third-order valence-corrected chi connectivity index (χ3v) is 4.11. The van der Waals surface area contributed by atoms with Gasteiger partial charge in [0.15, 0.2) is 0 Å². The fourth-order valence-electron chi connectivity index (χ4n) is 3.00. The van der Waals surface area contributed by atoms with Crippen molar-refractivity contribution in [2.75, 3.05) is 39.9 Å². The Labute approximate surface area is 125 Å². The lowest BCUT2D eigenvalue weighted by Gasteiger charge is -2.32. The van der Waals surface area contributed by atoms with Gasteiger partial charge in [0.1, 0.15) is 5.75 Å². The Kier molecular flexibility index (Phi) is 4.41. The topological polar surface area (TPSA) is 50.8 Å². The van der Waals surface area contributed by atoms with E-state index in [9.17, 15) is 4.79 Å². The maximum Gasteiger partial charge on any atom is 0.230 e. The summed E-state index contributed by atoms with van der Waals surface area (Å²) in [5, 5.41) is 3.29. The molecule has 1 N–H and O–H groups in total. The smallest absolute Gasteiger partial charge is 0.230 e. The number of nitrogens with one attached hydrogen (secondary N) is 1. The van der Waals surface area contributed by atoms with Crippen LogP contribution in [0, 0.1) is 0 Å². The molecule has 114 valence electrons. The van der Waals surface area contributed by atoms with E-state index in [1.54, 1.807) is 4.90 Å². The molecule has 1 fully saturated rings. The zero-order chi connectivity index (χ0) is 14.7. The number of ether oxygens (including phenoxy) is 2. The van der Waals surface area contributed by atoms with Crippen molar-refractivity contribution >= 4 is 5.91 Å². The van der Waals surface area contributed by atoms with Crippen LogP contribution < -0.4 is 10.1 Å². The standard InChI is InChI=1S/C16H22N2O3/c1-18(11-12-10-17-7-9-20-12)16(19)14-6-8-21-15-5-3-2-4-13(14)15/h2-5,12,14,17H,6-11H2,1H3. The molecule has 2 heterocycles. The lowest BCUT2D eigenvalue weighted by Crippen LogP contribution is -2.46. The first kappa shape index (κ1) is 14.4. The van der Waals surface area contributed by atoms with Gasteiger partial charge in [0.05, 0.1) is 25.2 Å². The molecule has 2 unspecified atom stereocenters. The highest BCUT2D eigenvalue weighted by atomic mass is 16.5. The number of para-hydroxylation sites is 1. The Morgan fingerprint density at radius 1 is 1.38 bits per heavy atom. The van der Waals surface area contributed by atoms with Crippen molar-refractivity contribution in [2.45, 2.75) is 18.4 Å². The van der Waals surface area contributed by atoms with Crippen molar-refractivity contribution in [2.24, 2.45) is 0 Å². The summed E-state index contributed by atoms with van der Waals surface area (Å²) >= 11 is 0. The predicted molar refractivity (Wildman–Crippen MR) is 79.5 cm³/mol. The number of carbonyl (C=O) groups is 1. The van der Waals surface area contributed by atoms with E-state index in [4.69, 9.17) is 9.47 Å². The molecule has 1 saturated heterocycles. The van der Waals surface area contributed by atoms with Crippen LogP contribution in [0.5, 0.6) is 5.75 Å². The van der Waals surface area contributed by atoms with Crippen molar-refractivity contribution in [1.29, 1.82) is 0 Å². The van der Waals surface area contributed by atoms with Crippen LogP contribution in [0.3, 0.4) is 0 Å². The van der Waals surface area contributed by atoms with Crippen molar-refractivity contribution in [3.63, 3.8) is 0 Å². The Morgan fingerprint density at radius 3 is 3.05 bits per heavy atom. The molecule has 0 bridgehead atoms. The number of rotatable bonds is 3. The number of nitrogens with zero attached hydrogens (tertiary/aromatic N) is 1. The number of amides is 1. The quantitative estimate of drug-likeness (QED) is 0.902. The zero-order valence-corrected chi connectivity index (χ0v) is 12.4. The minimum absolute atomic E-state index is 0.0859. The zero-order valence-electron chi connectivity index (χ0n) is 12.4. The average molecular weight is 290 g/mol. The summed E-state index contributed by atoms with van der Waals surface area (Å²) in [7, 11) is 1.86. The second-order valence-corrected chi connectivity index (χ2v) is 5.64. The van der Waals surface area contributed by atoms with Crippen LogP contribution in [-0.4, -0.2) is 56.8 Å². The minimum atomic E-state index is -0.100. The van der Waals surface area contributed by atoms with Crippen LogP contribution >= 0.6 is 0 Å². The molecule has 3 rings (SSSR count). The van der Waals surface area contributed by atoms with E-state index in [0.29, 0.717) is 19.8 Å². The van der Waals surface area contributed by atoms with Gasteiger partial charge in [0, 0.05) is 32.2 Å². The van der Waals surface area contributed by atoms with E-state index in [2.05, 4.69) is 5.32 Å². The van der Waals surface area contributed by atoms with Gasteiger partial charge in [-0.05, 0) is 12.5 Å². The SMILES string of the molecule is CN(CC1CNCCO1)C(=O)C1CCOc2ccccc21. The van der Waals surface area contributed by atoms with E-state index < -0.39 is 0 Å². The molecule has 2 atom stereocenters. The lowest BCUT2D eigenvalue weighted by molar-refractivity contribution is -0.134. The van der Waals surface area contributed by atoms with Crippen LogP contribution in [0.15, 0.2) is 24.3 Å². The molecule has 1 aromatic carbocycles. The molecule has 1 aromatic rings. The average Bonchev–Trinajstić information content (AvgIpc) is 2.54. The van der Waals surface area contributed by atoms with Gasteiger partial charge in [-0.1, -0.05) is 18.2 Å². The van der Waals surface area contributed by atoms with E-state index in [1.807, 2.05) is 31.3 Å². The van der Waals surface area contributed by atoms with Gasteiger partial charge in [-0.15, -0.1) is 0 Å². The Bertz CT molecular complexity index is 500. The molecule has 2 aliphatic rings. The summed E-state index contributed by atoms with van der Waals surface area (Å²) in [5.74, 6) is 0.891. The number of carbonyl (C=O) groups excluding carboxylic acids is 1. The van der Waals surface area contributed by atoms with Crippen molar-refractivity contribution < 1.29 is 14.3 Å². The van der Waals surface area contributed by atoms with Crippen LogP contribution in [0.4, 0.5) is 0 Å². The highest BCUT2D eigenvalue weighted by Gasteiger charge is 2.30. The third-order valence-electron chi connectivity index (χ3n) is 4.11. The normalized spacial score (nSPS) is 24.8. The fraction of sp³-hybridized carbons (Fsp3) is 0.562. The first-order valence-corrected chi connectivity index (χ1v) is 7.54. The summed E-state index contributed by atoms with van der Waals surface area (Å²) in [6.45, 7) is 3.64. The second-order valence-electron chi connectivity index (χ2n) is 5.64. The van der Waals surface area contributed by atoms with Crippen LogP contribution in [0.25, 0.3) is 0 Å². The molecule has 2 aliphatic heterocycles. The number of likely N-dealkylation sites (N-methyl/N-ethyl adjacent to an activating group) is 1. The fourth-order valence-corrected chi connectivity index (χ4v) is 3.00. The van der Waals surface area contributed by atoms with Gasteiger partial charge in [0.2, 0.25) is 5.91 Å².